The van der Waals surface area contributed by atoms with Gasteiger partial charge in [0.05, 0.1) is 6.61 Å². The Kier molecular flexibility index (Phi) is 6.86. The second-order valence-electron chi connectivity index (χ2n) is 4.46. The molecule has 0 heterocycles. The van der Waals surface area contributed by atoms with Gasteiger partial charge in [-0.2, -0.15) is 0 Å². The smallest absolute Gasteiger partial charge is 0.0593 e. The molecule has 90 valence electrons. The largest absolute Gasteiger partial charge is 0.380 e. The van der Waals surface area contributed by atoms with Crippen LogP contribution in [0.15, 0.2) is 0 Å². The fourth-order valence-electron chi connectivity index (χ4n) is 2.18. The molecular formula is C12H24BrNO. The molecule has 0 aromatic carbocycles. The van der Waals surface area contributed by atoms with Gasteiger partial charge < -0.3 is 9.64 Å². The van der Waals surface area contributed by atoms with Gasteiger partial charge in [0.2, 0.25) is 0 Å². The van der Waals surface area contributed by atoms with Crippen LogP contribution in [-0.4, -0.2) is 42.6 Å². The molecule has 0 spiro atoms. The molecule has 2 nitrogen and oxygen atoms in total. The molecule has 0 aliphatic heterocycles. The Balaban J connectivity index is 2.16. The number of hydrogen-bond acceptors (Lipinski definition) is 2. The summed E-state index contributed by atoms with van der Waals surface area (Å²) in [5.74, 6) is 0. The van der Waals surface area contributed by atoms with E-state index >= 15 is 0 Å². The Morgan fingerprint density at radius 1 is 1.27 bits per heavy atom. The molecule has 0 saturated heterocycles. The van der Waals surface area contributed by atoms with Crippen molar-refractivity contribution in [1.29, 1.82) is 0 Å². The predicted octanol–water partition coefficient (Wildman–Crippen LogP) is 3.05. The number of ether oxygens (including phenoxy) is 1. The normalized spacial score (nSPS) is 27.2. The lowest BCUT2D eigenvalue weighted by Gasteiger charge is -2.35. The Bertz CT molecular complexity index is 166. The second-order valence-corrected chi connectivity index (χ2v) is 5.64. The number of likely N-dealkylation sites (N-methyl/N-ethyl adjacent to an activating group) is 1. The first-order valence-corrected chi connectivity index (χ1v) is 7.09. The fraction of sp³-hybridized carbons (Fsp3) is 1.00. The molecule has 15 heavy (non-hydrogen) atoms. The average molecular weight is 278 g/mol. The highest BCUT2D eigenvalue weighted by Gasteiger charge is 2.25. The van der Waals surface area contributed by atoms with Gasteiger partial charge in [0.25, 0.3) is 0 Å². The molecule has 1 aliphatic carbocycles. The van der Waals surface area contributed by atoms with E-state index in [0.717, 1.165) is 26.2 Å². The van der Waals surface area contributed by atoms with Crippen LogP contribution in [0, 0.1) is 0 Å². The van der Waals surface area contributed by atoms with E-state index in [2.05, 4.69) is 34.8 Å². The number of alkyl halides is 1. The topological polar surface area (TPSA) is 12.5 Å². The maximum absolute atomic E-state index is 5.52. The number of halogens is 1. The monoisotopic (exact) mass is 277 g/mol. The molecule has 0 N–H and O–H groups in total. The minimum atomic E-state index is 0.683. The van der Waals surface area contributed by atoms with E-state index in [-0.39, 0.29) is 0 Å². The van der Waals surface area contributed by atoms with Crippen LogP contribution in [-0.2, 0) is 4.74 Å². The van der Waals surface area contributed by atoms with E-state index in [1.807, 2.05) is 0 Å². The lowest BCUT2D eigenvalue weighted by atomic mass is 9.94. The quantitative estimate of drug-likeness (QED) is 0.547. The van der Waals surface area contributed by atoms with Gasteiger partial charge in [-0.25, -0.2) is 0 Å². The Labute approximate surface area is 102 Å². The molecule has 1 saturated carbocycles. The molecule has 0 bridgehead atoms. The van der Waals surface area contributed by atoms with E-state index in [1.165, 1.54) is 25.7 Å². The summed E-state index contributed by atoms with van der Waals surface area (Å²) >= 11 is 3.80. The van der Waals surface area contributed by atoms with Crippen LogP contribution in [0.1, 0.15) is 39.0 Å². The fourth-order valence-corrected chi connectivity index (χ4v) is 3.18. The van der Waals surface area contributed by atoms with Crippen molar-refractivity contribution >= 4 is 15.9 Å². The van der Waals surface area contributed by atoms with Crippen LogP contribution < -0.4 is 0 Å². The van der Waals surface area contributed by atoms with E-state index in [4.69, 9.17) is 4.74 Å². The van der Waals surface area contributed by atoms with Crippen LogP contribution in [0.4, 0.5) is 0 Å². The molecule has 0 aromatic heterocycles. The molecule has 0 radical (unpaired) electrons. The van der Waals surface area contributed by atoms with Crippen molar-refractivity contribution in [2.24, 2.45) is 0 Å². The van der Waals surface area contributed by atoms with Gasteiger partial charge >= 0.3 is 0 Å². The Morgan fingerprint density at radius 3 is 2.67 bits per heavy atom. The standard InChI is InChI=1S/C12H24BrNO/c1-3-9-15-10-8-14(2)12-7-5-4-6-11(12)13/h11-12H,3-10H2,1-2H3. The van der Waals surface area contributed by atoms with Crippen molar-refractivity contribution in [2.75, 3.05) is 26.8 Å². The summed E-state index contributed by atoms with van der Waals surface area (Å²) in [6.45, 7) is 4.99. The van der Waals surface area contributed by atoms with Gasteiger partial charge in [-0.3, -0.25) is 0 Å². The lowest BCUT2D eigenvalue weighted by molar-refractivity contribution is 0.0922. The van der Waals surface area contributed by atoms with Crippen molar-refractivity contribution < 1.29 is 4.74 Å². The molecule has 1 fully saturated rings. The van der Waals surface area contributed by atoms with Gasteiger partial charge in [-0.05, 0) is 26.3 Å². The molecule has 0 aromatic rings. The highest BCUT2D eigenvalue weighted by molar-refractivity contribution is 9.09. The summed E-state index contributed by atoms with van der Waals surface area (Å²) in [7, 11) is 2.22. The third-order valence-electron chi connectivity index (χ3n) is 3.15. The Hall–Kier alpha value is 0.400. The summed E-state index contributed by atoms with van der Waals surface area (Å²) in [5, 5.41) is 0. The number of hydrogen-bond donors (Lipinski definition) is 0. The first-order valence-electron chi connectivity index (χ1n) is 6.17. The zero-order valence-electron chi connectivity index (χ0n) is 10.0. The number of nitrogens with zero attached hydrogens (tertiary/aromatic N) is 1. The molecule has 2 unspecified atom stereocenters. The summed E-state index contributed by atoms with van der Waals surface area (Å²) in [6, 6.07) is 0.712. The molecular weight excluding hydrogens is 254 g/mol. The zero-order chi connectivity index (χ0) is 11.1. The average Bonchev–Trinajstić information content (AvgIpc) is 2.25. The van der Waals surface area contributed by atoms with Crippen molar-refractivity contribution in [2.45, 2.75) is 49.9 Å². The van der Waals surface area contributed by atoms with E-state index in [9.17, 15) is 0 Å². The highest BCUT2D eigenvalue weighted by atomic mass is 79.9. The summed E-state index contributed by atoms with van der Waals surface area (Å²) in [4.78, 5) is 3.14. The van der Waals surface area contributed by atoms with Crippen LogP contribution in [0.2, 0.25) is 0 Å². The SMILES string of the molecule is CCCOCCN(C)C1CCCCC1Br. The molecule has 1 rings (SSSR count). The zero-order valence-corrected chi connectivity index (χ0v) is 11.6. The van der Waals surface area contributed by atoms with Crippen molar-refractivity contribution in [1.82, 2.24) is 4.90 Å². The summed E-state index contributed by atoms with van der Waals surface area (Å²) < 4.78 is 5.52. The van der Waals surface area contributed by atoms with Crippen molar-refractivity contribution in [3.8, 4) is 0 Å². The third kappa shape index (κ3) is 4.83. The molecule has 3 heteroatoms. The highest BCUT2D eigenvalue weighted by Crippen LogP contribution is 2.27. The van der Waals surface area contributed by atoms with Gasteiger partial charge in [0.1, 0.15) is 0 Å². The van der Waals surface area contributed by atoms with Gasteiger partial charge in [0.15, 0.2) is 0 Å². The van der Waals surface area contributed by atoms with Crippen molar-refractivity contribution in [3.05, 3.63) is 0 Å². The molecule has 2 atom stereocenters. The maximum Gasteiger partial charge on any atom is 0.0593 e. The summed E-state index contributed by atoms with van der Waals surface area (Å²) in [5.41, 5.74) is 0. The second kappa shape index (κ2) is 7.64. The van der Waals surface area contributed by atoms with Gasteiger partial charge in [-0.15, -0.1) is 0 Å². The van der Waals surface area contributed by atoms with E-state index in [0.29, 0.717) is 10.9 Å². The van der Waals surface area contributed by atoms with Crippen LogP contribution >= 0.6 is 15.9 Å². The molecule has 1 aliphatic rings. The Morgan fingerprint density at radius 2 is 2.00 bits per heavy atom. The minimum Gasteiger partial charge on any atom is -0.380 e. The summed E-state index contributed by atoms with van der Waals surface area (Å²) in [6.07, 6.45) is 6.54. The van der Waals surface area contributed by atoms with Crippen LogP contribution in [0.25, 0.3) is 0 Å². The first-order chi connectivity index (χ1) is 7.25. The van der Waals surface area contributed by atoms with Crippen LogP contribution in [0.5, 0.6) is 0 Å². The lowest BCUT2D eigenvalue weighted by Crippen LogP contribution is -2.42. The first kappa shape index (κ1) is 13.5. The third-order valence-corrected chi connectivity index (χ3v) is 4.22. The predicted molar refractivity (Wildman–Crippen MR) is 68.7 cm³/mol. The van der Waals surface area contributed by atoms with E-state index < -0.39 is 0 Å². The van der Waals surface area contributed by atoms with Gasteiger partial charge in [-0.1, -0.05) is 35.7 Å². The minimum absolute atomic E-state index is 0.683. The van der Waals surface area contributed by atoms with E-state index in [1.54, 1.807) is 0 Å². The van der Waals surface area contributed by atoms with Crippen LogP contribution in [0.3, 0.4) is 0 Å². The molecule has 0 amide bonds. The van der Waals surface area contributed by atoms with Gasteiger partial charge in [0, 0.05) is 24.0 Å². The maximum atomic E-state index is 5.52. The number of rotatable bonds is 6. The van der Waals surface area contributed by atoms with Crippen molar-refractivity contribution in [3.63, 3.8) is 0 Å².